The second-order valence-corrected chi connectivity index (χ2v) is 7.25. The average molecular weight is 361 g/mol. The Morgan fingerprint density at radius 1 is 1.04 bits per heavy atom. The van der Waals surface area contributed by atoms with Gasteiger partial charge in [0.2, 0.25) is 0 Å². The summed E-state index contributed by atoms with van der Waals surface area (Å²) in [7, 11) is 0. The molecule has 1 aliphatic rings. The van der Waals surface area contributed by atoms with Gasteiger partial charge in [0.05, 0.1) is 0 Å². The number of aryl methyl sites for hydroxylation is 1. The monoisotopic (exact) mass is 360 g/mol. The van der Waals surface area contributed by atoms with E-state index in [9.17, 15) is 4.79 Å². The number of halogens is 1. The van der Waals surface area contributed by atoms with Crippen LogP contribution in [0, 0.1) is 6.92 Å². The normalized spacial score (nSPS) is 14.8. The highest BCUT2D eigenvalue weighted by Gasteiger charge is 2.23. The molecule has 0 saturated carbocycles. The Morgan fingerprint density at radius 3 is 2.33 bits per heavy atom. The maximum Gasteiger partial charge on any atom is 0.253 e. The summed E-state index contributed by atoms with van der Waals surface area (Å²) in [6.45, 7) is 5.21. The first kappa shape index (κ1) is 17.2. The van der Waals surface area contributed by atoms with Gasteiger partial charge in [-0.05, 0) is 55.1 Å². The number of piperazine rings is 1. The Bertz CT molecular complexity index is 725. The number of amides is 1. The highest BCUT2D eigenvalue weighted by atomic mass is 35.5. The van der Waals surface area contributed by atoms with Crippen LogP contribution >= 0.6 is 23.4 Å². The molecule has 1 saturated heterocycles. The van der Waals surface area contributed by atoms with Crippen molar-refractivity contribution in [2.24, 2.45) is 0 Å². The lowest BCUT2D eigenvalue weighted by molar-refractivity contribution is 0.0746. The van der Waals surface area contributed by atoms with Gasteiger partial charge < -0.3 is 9.80 Å². The minimum absolute atomic E-state index is 0.116. The van der Waals surface area contributed by atoms with E-state index in [0.717, 1.165) is 36.8 Å². The summed E-state index contributed by atoms with van der Waals surface area (Å²) in [6.07, 6.45) is 2.04. The molecule has 3 rings (SSSR count). The van der Waals surface area contributed by atoms with Crippen molar-refractivity contribution in [3.63, 3.8) is 0 Å². The molecule has 1 amide bonds. The van der Waals surface area contributed by atoms with Crippen LogP contribution in [-0.4, -0.2) is 43.2 Å². The van der Waals surface area contributed by atoms with E-state index >= 15 is 0 Å². The lowest BCUT2D eigenvalue weighted by Gasteiger charge is -2.37. The van der Waals surface area contributed by atoms with E-state index in [1.807, 2.05) is 53.6 Å². The van der Waals surface area contributed by atoms with Crippen LogP contribution in [0.4, 0.5) is 5.69 Å². The number of carbonyl (C=O) groups excluding carboxylic acids is 1. The van der Waals surface area contributed by atoms with Crippen molar-refractivity contribution in [2.45, 2.75) is 11.8 Å². The maximum absolute atomic E-state index is 12.6. The van der Waals surface area contributed by atoms with Gasteiger partial charge in [-0.3, -0.25) is 4.79 Å². The van der Waals surface area contributed by atoms with Gasteiger partial charge in [0.25, 0.3) is 5.91 Å². The molecule has 0 N–H and O–H groups in total. The number of thioether (sulfide) groups is 1. The third kappa shape index (κ3) is 3.70. The zero-order chi connectivity index (χ0) is 17.1. The second-order valence-electron chi connectivity index (χ2n) is 5.94. The van der Waals surface area contributed by atoms with Gasteiger partial charge in [0.15, 0.2) is 0 Å². The molecular weight excluding hydrogens is 340 g/mol. The molecule has 24 heavy (non-hydrogen) atoms. The van der Waals surface area contributed by atoms with Crippen LogP contribution in [0.2, 0.25) is 5.02 Å². The number of hydrogen-bond acceptors (Lipinski definition) is 3. The number of carbonyl (C=O) groups is 1. The number of rotatable bonds is 3. The first-order chi connectivity index (χ1) is 11.6. The fourth-order valence-electron chi connectivity index (χ4n) is 2.99. The lowest BCUT2D eigenvalue weighted by atomic mass is 10.1. The van der Waals surface area contributed by atoms with E-state index in [1.54, 1.807) is 11.8 Å². The predicted octanol–water partition coefficient (Wildman–Crippen LogP) is 4.33. The molecule has 1 aliphatic heterocycles. The molecule has 2 aromatic rings. The third-order valence-electron chi connectivity index (χ3n) is 4.42. The van der Waals surface area contributed by atoms with Crippen molar-refractivity contribution >= 4 is 35.0 Å². The van der Waals surface area contributed by atoms with Gasteiger partial charge in [-0.2, -0.15) is 0 Å². The van der Waals surface area contributed by atoms with Crippen molar-refractivity contribution in [3.8, 4) is 0 Å². The van der Waals surface area contributed by atoms with Crippen LogP contribution in [-0.2, 0) is 0 Å². The van der Waals surface area contributed by atoms with E-state index in [0.29, 0.717) is 0 Å². The van der Waals surface area contributed by atoms with Crippen LogP contribution < -0.4 is 4.90 Å². The predicted molar refractivity (Wildman–Crippen MR) is 103 cm³/mol. The molecule has 1 heterocycles. The molecule has 126 valence electrons. The standard InChI is InChI=1S/C19H21ClN2OS/c1-14-3-6-16(20)13-18(14)21-9-11-22(12-10-21)19(23)15-4-7-17(24-2)8-5-15/h3-8,13H,9-12H2,1-2H3. The highest BCUT2D eigenvalue weighted by Crippen LogP contribution is 2.25. The number of anilines is 1. The summed E-state index contributed by atoms with van der Waals surface area (Å²) in [6, 6.07) is 13.8. The van der Waals surface area contributed by atoms with Crippen LogP contribution in [0.3, 0.4) is 0 Å². The van der Waals surface area contributed by atoms with Gasteiger partial charge in [-0.15, -0.1) is 11.8 Å². The molecule has 3 nitrogen and oxygen atoms in total. The van der Waals surface area contributed by atoms with Crippen LogP contribution in [0.15, 0.2) is 47.4 Å². The Kier molecular flexibility index (Phi) is 5.36. The third-order valence-corrected chi connectivity index (χ3v) is 5.39. The van der Waals surface area contributed by atoms with E-state index in [2.05, 4.69) is 11.8 Å². The minimum atomic E-state index is 0.116. The Balaban J connectivity index is 1.65. The second kappa shape index (κ2) is 7.49. The van der Waals surface area contributed by atoms with Crippen molar-refractivity contribution < 1.29 is 4.79 Å². The van der Waals surface area contributed by atoms with Crippen LogP contribution in [0.5, 0.6) is 0 Å². The summed E-state index contributed by atoms with van der Waals surface area (Å²) in [5.41, 5.74) is 3.14. The molecule has 2 aromatic carbocycles. The SMILES string of the molecule is CSc1ccc(C(=O)N2CCN(c3cc(Cl)ccc3C)CC2)cc1. The van der Waals surface area contributed by atoms with Crippen molar-refractivity contribution in [1.29, 1.82) is 0 Å². The fourth-order valence-corrected chi connectivity index (χ4v) is 3.56. The summed E-state index contributed by atoms with van der Waals surface area (Å²) >= 11 is 7.81. The zero-order valence-corrected chi connectivity index (χ0v) is 15.5. The number of benzene rings is 2. The minimum Gasteiger partial charge on any atom is -0.368 e. The smallest absolute Gasteiger partial charge is 0.253 e. The summed E-state index contributed by atoms with van der Waals surface area (Å²) in [5, 5.41) is 0.753. The fraction of sp³-hybridized carbons (Fsp3) is 0.316. The molecule has 0 aromatic heterocycles. The van der Waals surface area contributed by atoms with Crippen LogP contribution in [0.1, 0.15) is 15.9 Å². The van der Waals surface area contributed by atoms with Crippen LogP contribution in [0.25, 0.3) is 0 Å². The Hall–Kier alpha value is -1.65. The molecular formula is C19H21ClN2OS. The summed E-state index contributed by atoms with van der Waals surface area (Å²) in [5.74, 6) is 0.116. The Morgan fingerprint density at radius 2 is 1.71 bits per heavy atom. The summed E-state index contributed by atoms with van der Waals surface area (Å²) in [4.78, 5) is 18.1. The molecule has 0 unspecified atom stereocenters. The largest absolute Gasteiger partial charge is 0.368 e. The molecule has 0 aliphatic carbocycles. The van der Waals surface area contributed by atoms with Crippen molar-refractivity contribution in [3.05, 3.63) is 58.6 Å². The first-order valence-corrected chi connectivity index (χ1v) is 9.63. The summed E-state index contributed by atoms with van der Waals surface area (Å²) < 4.78 is 0. The molecule has 0 radical (unpaired) electrons. The molecule has 0 atom stereocenters. The molecule has 0 spiro atoms. The Labute approximate surface area is 152 Å². The van der Waals surface area contributed by atoms with Gasteiger partial charge in [0, 0.05) is 47.3 Å². The van der Waals surface area contributed by atoms with Gasteiger partial charge in [0.1, 0.15) is 0 Å². The van der Waals surface area contributed by atoms with Gasteiger partial charge >= 0.3 is 0 Å². The average Bonchev–Trinajstić information content (AvgIpc) is 2.63. The maximum atomic E-state index is 12.6. The van der Waals surface area contributed by atoms with Gasteiger partial charge in [-0.25, -0.2) is 0 Å². The quantitative estimate of drug-likeness (QED) is 0.761. The van der Waals surface area contributed by atoms with E-state index in [1.165, 1.54) is 16.1 Å². The highest BCUT2D eigenvalue weighted by molar-refractivity contribution is 7.98. The number of nitrogens with zero attached hydrogens (tertiary/aromatic N) is 2. The molecule has 1 fully saturated rings. The van der Waals surface area contributed by atoms with E-state index in [4.69, 9.17) is 11.6 Å². The van der Waals surface area contributed by atoms with Gasteiger partial charge in [-0.1, -0.05) is 17.7 Å². The lowest BCUT2D eigenvalue weighted by Crippen LogP contribution is -2.49. The number of hydrogen-bond donors (Lipinski definition) is 0. The van der Waals surface area contributed by atoms with Crippen molar-refractivity contribution in [2.75, 3.05) is 37.3 Å². The van der Waals surface area contributed by atoms with E-state index < -0.39 is 0 Å². The zero-order valence-electron chi connectivity index (χ0n) is 14.0. The molecule has 5 heteroatoms. The first-order valence-electron chi connectivity index (χ1n) is 8.03. The molecule has 0 bridgehead atoms. The van der Waals surface area contributed by atoms with Crippen molar-refractivity contribution in [1.82, 2.24) is 4.90 Å². The topological polar surface area (TPSA) is 23.6 Å². The van der Waals surface area contributed by atoms with E-state index in [-0.39, 0.29) is 5.91 Å².